The maximum absolute atomic E-state index is 12.6. The summed E-state index contributed by atoms with van der Waals surface area (Å²) in [4.78, 5) is 10.9. The minimum atomic E-state index is -5.24. The summed E-state index contributed by atoms with van der Waals surface area (Å²) in [6.07, 6.45) is -10.3. The normalized spacial score (nSPS) is 12.1. The van der Waals surface area contributed by atoms with E-state index >= 15 is 0 Å². The molecule has 102 valence electrons. The van der Waals surface area contributed by atoms with Crippen LogP contribution < -0.4 is 5.73 Å². The number of halogens is 6. The summed E-state index contributed by atoms with van der Waals surface area (Å²) in [5, 5.41) is 8.56. The molecule has 0 spiro atoms. The Labute approximate surface area is 102 Å². The lowest BCUT2D eigenvalue weighted by molar-refractivity contribution is -0.143. The van der Waals surface area contributed by atoms with Crippen LogP contribution in [-0.2, 0) is 12.4 Å². The molecule has 0 aromatic heterocycles. The predicted molar refractivity (Wildman–Crippen MR) is 49.7 cm³/mol. The van der Waals surface area contributed by atoms with Crippen LogP contribution in [0.2, 0.25) is 0 Å². The van der Waals surface area contributed by atoms with Gasteiger partial charge in [-0.3, -0.25) is 4.79 Å². The number of benzene rings is 1. The smallest absolute Gasteiger partial charge is 0.366 e. The summed E-state index contributed by atoms with van der Waals surface area (Å²) in [6.45, 7) is 0. The highest BCUT2D eigenvalue weighted by atomic mass is 19.4. The van der Waals surface area contributed by atoms with Crippen molar-refractivity contribution in [2.24, 2.45) is 5.73 Å². The summed E-state index contributed by atoms with van der Waals surface area (Å²) in [5.41, 5.74) is -1.24. The van der Waals surface area contributed by atoms with Gasteiger partial charge in [-0.05, 0) is 12.1 Å². The number of rotatable bonds is 1. The molecule has 1 amide bonds. The fourth-order valence-corrected chi connectivity index (χ4v) is 1.38. The van der Waals surface area contributed by atoms with Gasteiger partial charge >= 0.3 is 12.4 Å². The number of hydrogen-bond acceptors (Lipinski definition) is 2. The van der Waals surface area contributed by atoms with E-state index in [1.807, 2.05) is 0 Å². The number of nitriles is 1. The lowest BCUT2D eigenvalue weighted by atomic mass is 9.97. The molecule has 0 bridgehead atoms. The van der Waals surface area contributed by atoms with E-state index in [1.54, 1.807) is 0 Å². The molecule has 1 rings (SSSR count). The van der Waals surface area contributed by atoms with Gasteiger partial charge in [0.2, 0.25) is 0 Å². The highest BCUT2D eigenvalue weighted by Crippen LogP contribution is 2.38. The van der Waals surface area contributed by atoms with Crippen molar-refractivity contribution in [2.75, 3.05) is 0 Å². The van der Waals surface area contributed by atoms with E-state index in [4.69, 9.17) is 5.26 Å². The molecule has 0 saturated heterocycles. The van der Waals surface area contributed by atoms with Gasteiger partial charge in [-0.1, -0.05) is 0 Å². The number of primary amides is 1. The first-order chi connectivity index (χ1) is 8.48. The SMILES string of the molecule is N#Cc1cc(C(F)(F)F)cc(C(F)(F)F)c1C(N)=O. The first-order valence-corrected chi connectivity index (χ1v) is 4.51. The van der Waals surface area contributed by atoms with Crippen LogP contribution in [0.25, 0.3) is 0 Å². The van der Waals surface area contributed by atoms with Crippen LogP contribution in [0, 0.1) is 11.3 Å². The maximum Gasteiger partial charge on any atom is 0.417 e. The Hall–Kier alpha value is -2.24. The van der Waals surface area contributed by atoms with Gasteiger partial charge in [0, 0.05) is 0 Å². The zero-order valence-electron chi connectivity index (χ0n) is 8.86. The zero-order chi connectivity index (χ0) is 15.0. The number of nitrogens with zero attached hydrogens (tertiary/aromatic N) is 1. The molecule has 2 N–H and O–H groups in total. The largest absolute Gasteiger partial charge is 0.417 e. The molecule has 0 radical (unpaired) electrons. The van der Waals surface area contributed by atoms with Gasteiger partial charge < -0.3 is 5.73 Å². The molecule has 19 heavy (non-hydrogen) atoms. The second kappa shape index (κ2) is 4.46. The number of carbonyl (C=O) groups excluding carboxylic acids is 1. The lowest BCUT2D eigenvalue weighted by Gasteiger charge is -2.15. The van der Waals surface area contributed by atoms with Crippen LogP contribution in [0.1, 0.15) is 27.0 Å². The monoisotopic (exact) mass is 282 g/mol. The summed E-state index contributed by atoms with van der Waals surface area (Å²) in [6, 6.07) is 1.00. The fourth-order valence-electron chi connectivity index (χ4n) is 1.38. The molecule has 1 aromatic rings. The minimum absolute atomic E-state index is 0.148. The summed E-state index contributed by atoms with van der Waals surface area (Å²) >= 11 is 0. The molecule has 9 heteroatoms. The highest BCUT2D eigenvalue weighted by molar-refractivity contribution is 5.97. The first-order valence-electron chi connectivity index (χ1n) is 4.51. The molecular weight excluding hydrogens is 278 g/mol. The zero-order valence-corrected chi connectivity index (χ0v) is 8.86. The van der Waals surface area contributed by atoms with Crippen molar-refractivity contribution in [2.45, 2.75) is 12.4 Å². The third-order valence-corrected chi connectivity index (χ3v) is 2.14. The molecule has 0 fully saturated rings. The summed E-state index contributed by atoms with van der Waals surface area (Å²) in [7, 11) is 0. The standard InChI is InChI=1S/C10H4F6N2O/c11-9(12,13)5-1-4(3-17)7(8(18)19)6(2-5)10(14,15)16/h1-2H,(H2,18,19). The Balaban J connectivity index is 3.77. The Morgan fingerprint density at radius 1 is 1.11 bits per heavy atom. The van der Waals surface area contributed by atoms with Crippen LogP contribution >= 0.6 is 0 Å². The highest BCUT2D eigenvalue weighted by Gasteiger charge is 2.40. The number of hydrogen-bond donors (Lipinski definition) is 1. The van der Waals surface area contributed by atoms with E-state index in [0.29, 0.717) is 0 Å². The second-order valence-electron chi connectivity index (χ2n) is 3.42. The second-order valence-corrected chi connectivity index (χ2v) is 3.42. The topological polar surface area (TPSA) is 66.9 Å². The van der Waals surface area contributed by atoms with E-state index in [9.17, 15) is 31.1 Å². The predicted octanol–water partition coefficient (Wildman–Crippen LogP) is 2.69. The van der Waals surface area contributed by atoms with Crippen molar-refractivity contribution in [3.63, 3.8) is 0 Å². The Bertz CT molecular complexity index is 567. The van der Waals surface area contributed by atoms with Crippen LogP contribution in [0.3, 0.4) is 0 Å². The quantitative estimate of drug-likeness (QED) is 0.805. The van der Waals surface area contributed by atoms with Crippen molar-refractivity contribution in [3.05, 3.63) is 34.4 Å². The molecular formula is C10H4F6N2O. The molecule has 3 nitrogen and oxygen atoms in total. The minimum Gasteiger partial charge on any atom is -0.366 e. The Morgan fingerprint density at radius 3 is 1.95 bits per heavy atom. The number of amides is 1. The molecule has 0 unspecified atom stereocenters. The van der Waals surface area contributed by atoms with Crippen molar-refractivity contribution >= 4 is 5.91 Å². The Morgan fingerprint density at radius 2 is 1.63 bits per heavy atom. The van der Waals surface area contributed by atoms with Crippen LogP contribution in [0.5, 0.6) is 0 Å². The van der Waals surface area contributed by atoms with Gasteiger partial charge in [-0.15, -0.1) is 0 Å². The molecule has 0 atom stereocenters. The van der Waals surface area contributed by atoms with E-state index in [0.717, 1.165) is 6.07 Å². The molecule has 0 aliphatic carbocycles. The lowest BCUT2D eigenvalue weighted by Crippen LogP contribution is -2.22. The van der Waals surface area contributed by atoms with Gasteiger partial charge in [0.05, 0.1) is 28.3 Å². The van der Waals surface area contributed by atoms with Gasteiger partial charge in [0.1, 0.15) is 0 Å². The third-order valence-electron chi connectivity index (χ3n) is 2.14. The van der Waals surface area contributed by atoms with Crippen molar-refractivity contribution in [3.8, 4) is 6.07 Å². The van der Waals surface area contributed by atoms with Crippen molar-refractivity contribution < 1.29 is 31.1 Å². The number of carbonyl (C=O) groups is 1. The molecule has 0 aliphatic heterocycles. The molecule has 1 aromatic carbocycles. The first kappa shape index (κ1) is 14.8. The third kappa shape index (κ3) is 2.96. The van der Waals surface area contributed by atoms with Crippen molar-refractivity contribution in [1.29, 1.82) is 5.26 Å². The summed E-state index contributed by atoms with van der Waals surface area (Å²) < 4.78 is 75.1. The van der Waals surface area contributed by atoms with Gasteiger partial charge in [0.15, 0.2) is 0 Å². The van der Waals surface area contributed by atoms with Crippen LogP contribution in [0.15, 0.2) is 12.1 Å². The molecule has 0 saturated carbocycles. The van der Waals surface area contributed by atoms with E-state index in [2.05, 4.69) is 5.73 Å². The van der Waals surface area contributed by atoms with E-state index < -0.39 is 40.5 Å². The van der Waals surface area contributed by atoms with Gasteiger partial charge in [0.25, 0.3) is 5.91 Å². The summed E-state index contributed by atoms with van der Waals surface area (Å²) in [5.74, 6) is -1.63. The van der Waals surface area contributed by atoms with Gasteiger partial charge in [-0.2, -0.15) is 31.6 Å². The average Bonchev–Trinajstić information content (AvgIpc) is 2.24. The van der Waals surface area contributed by atoms with E-state index in [1.165, 1.54) is 0 Å². The van der Waals surface area contributed by atoms with E-state index in [-0.39, 0.29) is 12.1 Å². The van der Waals surface area contributed by atoms with Gasteiger partial charge in [-0.25, -0.2) is 0 Å². The fraction of sp³-hybridized carbons (Fsp3) is 0.200. The molecule has 0 aliphatic rings. The number of nitrogens with two attached hydrogens (primary N) is 1. The Kier molecular flexibility index (Phi) is 3.48. The van der Waals surface area contributed by atoms with Crippen molar-refractivity contribution in [1.82, 2.24) is 0 Å². The average molecular weight is 282 g/mol. The van der Waals surface area contributed by atoms with Crippen LogP contribution in [0.4, 0.5) is 26.3 Å². The van der Waals surface area contributed by atoms with Crippen LogP contribution in [-0.4, -0.2) is 5.91 Å². The maximum atomic E-state index is 12.6. The molecule has 0 heterocycles. The number of alkyl halides is 6.